The van der Waals surface area contributed by atoms with Gasteiger partial charge in [-0.1, -0.05) is 67.9 Å². The molecule has 0 N–H and O–H groups in total. The fraction of sp³-hybridized carbons (Fsp3) is 0.312. The van der Waals surface area contributed by atoms with Gasteiger partial charge >= 0.3 is 7.12 Å². The van der Waals surface area contributed by atoms with Crippen molar-refractivity contribution in [1.82, 2.24) is 0 Å². The van der Waals surface area contributed by atoms with Crippen molar-refractivity contribution in [2.24, 2.45) is 0 Å². The molecule has 1 aliphatic rings. The molecule has 0 radical (unpaired) electrons. The summed E-state index contributed by atoms with van der Waals surface area (Å²) in [5.41, 5.74) is 4.90. The molecule has 0 amide bonds. The normalized spacial score (nSPS) is 17.3. The Balaban J connectivity index is 1.56. The van der Waals surface area contributed by atoms with Crippen LogP contribution in [0.5, 0.6) is 0 Å². The van der Waals surface area contributed by atoms with Gasteiger partial charge in [-0.2, -0.15) is 0 Å². The Hall–Kier alpha value is -3.28. The smallest absolute Gasteiger partial charge is 0.456 e. The summed E-state index contributed by atoms with van der Waals surface area (Å²) in [5.74, 6) is 0. The van der Waals surface area contributed by atoms with Gasteiger partial charge in [-0.3, -0.25) is 0 Å². The Morgan fingerprint density at radius 1 is 0.676 bits per heavy atom. The van der Waals surface area contributed by atoms with Crippen LogP contribution in [0, 0.1) is 0 Å². The standard InChI is InChI=1S/C32H31BO4/c1-6-7-11-19-16-17-22-25(18-19)34-29-20-12-8-9-13-21(20)30-27(26(22)29)23-14-10-15-24(28(23)35-30)33-36-31(2,3)32(4,5)37-33/h8-10,12-18H,6-7,11H2,1-5H3. The Bertz CT molecular complexity index is 1820. The minimum Gasteiger partial charge on any atom is -0.456 e. The molecule has 0 unspecified atom stereocenters. The van der Waals surface area contributed by atoms with Gasteiger partial charge in [-0.05, 0) is 52.2 Å². The van der Waals surface area contributed by atoms with E-state index < -0.39 is 18.3 Å². The predicted octanol–water partition coefficient (Wildman–Crippen LogP) is 8.28. The molecule has 6 aromatic rings. The van der Waals surface area contributed by atoms with E-state index in [4.69, 9.17) is 18.1 Å². The Kier molecular flexibility index (Phi) is 4.86. The number of furan rings is 2. The van der Waals surface area contributed by atoms with Gasteiger partial charge in [0.15, 0.2) is 0 Å². The van der Waals surface area contributed by atoms with Gasteiger partial charge in [0.2, 0.25) is 0 Å². The van der Waals surface area contributed by atoms with Gasteiger partial charge in [0.25, 0.3) is 0 Å². The molecule has 37 heavy (non-hydrogen) atoms. The molecule has 0 atom stereocenters. The quantitative estimate of drug-likeness (QED) is 0.233. The van der Waals surface area contributed by atoms with Gasteiger partial charge in [-0.25, -0.2) is 0 Å². The van der Waals surface area contributed by atoms with Crippen LogP contribution in [0.25, 0.3) is 54.6 Å². The fourth-order valence-corrected chi connectivity index (χ4v) is 5.73. The molecule has 5 heteroatoms. The van der Waals surface area contributed by atoms with Crippen molar-refractivity contribution in [3.8, 4) is 0 Å². The predicted molar refractivity (Wildman–Crippen MR) is 153 cm³/mol. The van der Waals surface area contributed by atoms with E-state index in [0.717, 1.165) is 66.5 Å². The maximum absolute atomic E-state index is 6.75. The molecule has 7 rings (SSSR count). The van der Waals surface area contributed by atoms with Crippen molar-refractivity contribution in [3.05, 3.63) is 66.2 Å². The summed E-state index contributed by atoms with van der Waals surface area (Å²) >= 11 is 0. The SMILES string of the molecule is CCCCc1ccc2c(c1)oc1c3ccccc3c3oc4c(B5OC(C)(C)C(C)(C)O5)cccc4c3c21. The van der Waals surface area contributed by atoms with Crippen LogP contribution in [0.3, 0.4) is 0 Å². The highest BCUT2D eigenvalue weighted by Crippen LogP contribution is 2.45. The van der Waals surface area contributed by atoms with E-state index in [0.29, 0.717) is 0 Å². The van der Waals surface area contributed by atoms with Crippen molar-refractivity contribution in [1.29, 1.82) is 0 Å². The molecule has 1 aliphatic heterocycles. The van der Waals surface area contributed by atoms with Crippen LogP contribution in [0.2, 0.25) is 0 Å². The van der Waals surface area contributed by atoms with Crippen LogP contribution in [-0.2, 0) is 15.7 Å². The van der Waals surface area contributed by atoms with Crippen molar-refractivity contribution in [3.63, 3.8) is 0 Å². The third-order valence-corrected chi connectivity index (χ3v) is 8.49. The molecular weight excluding hydrogens is 459 g/mol. The van der Waals surface area contributed by atoms with Gasteiger partial charge < -0.3 is 18.1 Å². The molecule has 0 saturated carbocycles. The summed E-state index contributed by atoms with van der Waals surface area (Å²) in [6, 6.07) is 21.3. The molecule has 0 bridgehead atoms. The molecule has 1 fully saturated rings. The zero-order valence-electron chi connectivity index (χ0n) is 22.1. The molecule has 186 valence electrons. The van der Waals surface area contributed by atoms with E-state index in [9.17, 15) is 0 Å². The lowest BCUT2D eigenvalue weighted by Crippen LogP contribution is -2.41. The first-order valence-corrected chi connectivity index (χ1v) is 13.4. The largest absolute Gasteiger partial charge is 0.498 e. The number of aryl methyl sites for hydroxylation is 1. The summed E-state index contributed by atoms with van der Waals surface area (Å²) in [6.07, 6.45) is 3.41. The molecule has 4 nitrogen and oxygen atoms in total. The second-order valence-corrected chi connectivity index (χ2v) is 11.4. The lowest BCUT2D eigenvalue weighted by Gasteiger charge is -2.32. The minimum atomic E-state index is -0.502. The minimum absolute atomic E-state index is 0.429. The second-order valence-electron chi connectivity index (χ2n) is 11.4. The highest BCUT2D eigenvalue weighted by molar-refractivity contribution is 6.65. The first-order chi connectivity index (χ1) is 17.8. The van der Waals surface area contributed by atoms with Crippen LogP contribution in [0.15, 0.2) is 69.5 Å². The average molecular weight is 490 g/mol. The number of hydrogen-bond acceptors (Lipinski definition) is 4. The first kappa shape index (κ1) is 22.9. The summed E-state index contributed by atoms with van der Waals surface area (Å²) in [7, 11) is -0.502. The third kappa shape index (κ3) is 3.23. The van der Waals surface area contributed by atoms with Gasteiger partial charge in [0.05, 0.1) is 11.2 Å². The summed E-state index contributed by atoms with van der Waals surface area (Å²) in [4.78, 5) is 0. The summed E-state index contributed by atoms with van der Waals surface area (Å²) < 4.78 is 26.2. The highest BCUT2D eigenvalue weighted by Gasteiger charge is 2.52. The lowest BCUT2D eigenvalue weighted by molar-refractivity contribution is 0.00578. The van der Waals surface area contributed by atoms with Gasteiger partial charge in [0, 0.05) is 37.8 Å². The number of unbranched alkanes of at least 4 members (excludes halogenated alkanes) is 1. The number of hydrogen-bond donors (Lipinski definition) is 0. The van der Waals surface area contributed by atoms with E-state index in [2.05, 4.69) is 95.3 Å². The molecular formula is C32H31BO4. The molecule has 2 aromatic heterocycles. The van der Waals surface area contributed by atoms with E-state index in [1.165, 1.54) is 18.4 Å². The van der Waals surface area contributed by atoms with Gasteiger partial charge in [-0.15, -0.1) is 0 Å². The zero-order valence-corrected chi connectivity index (χ0v) is 22.1. The summed E-state index contributed by atoms with van der Waals surface area (Å²) in [5, 5.41) is 6.47. The van der Waals surface area contributed by atoms with Crippen LogP contribution in [0.4, 0.5) is 0 Å². The Morgan fingerprint density at radius 3 is 2.03 bits per heavy atom. The fourth-order valence-electron chi connectivity index (χ4n) is 5.73. The van der Waals surface area contributed by atoms with Crippen molar-refractivity contribution in [2.45, 2.75) is 65.1 Å². The van der Waals surface area contributed by atoms with E-state index in [1.54, 1.807) is 0 Å². The van der Waals surface area contributed by atoms with Crippen LogP contribution < -0.4 is 5.46 Å². The highest BCUT2D eigenvalue weighted by atomic mass is 16.7. The van der Waals surface area contributed by atoms with Crippen LogP contribution in [-0.4, -0.2) is 18.3 Å². The average Bonchev–Trinajstić information content (AvgIpc) is 3.51. The maximum atomic E-state index is 6.75. The first-order valence-electron chi connectivity index (χ1n) is 13.4. The van der Waals surface area contributed by atoms with Crippen molar-refractivity contribution >= 4 is 67.2 Å². The topological polar surface area (TPSA) is 44.7 Å². The number of fused-ring (bicyclic) bond motifs is 10. The van der Waals surface area contributed by atoms with Crippen LogP contribution in [0.1, 0.15) is 53.0 Å². The lowest BCUT2D eigenvalue weighted by atomic mass is 9.78. The number of rotatable bonds is 4. The molecule has 4 aromatic carbocycles. The number of para-hydroxylation sites is 1. The van der Waals surface area contributed by atoms with E-state index >= 15 is 0 Å². The Labute approximate surface area is 216 Å². The summed E-state index contributed by atoms with van der Waals surface area (Å²) in [6.45, 7) is 10.5. The zero-order chi connectivity index (χ0) is 25.5. The Morgan fingerprint density at radius 2 is 1.32 bits per heavy atom. The second kappa shape index (κ2) is 7.86. The molecule has 0 aliphatic carbocycles. The van der Waals surface area contributed by atoms with Gasteiger partial charge in [0.1, 0.15) is 22.3 Å². The molecule has 0 spiro atoms. The van der Waals surface area contributed by atoms with Crippen LogP contribution >= 0.6 is 0 Å². The maximum Gasteiger partial charge on any atom is 0.498 e. The number of benzene rings is 4. The monoisotopic (exact) mass is 490 g/mol. The molecule has 1 saturated heterocycles. The molecule has 3 heterocycles. The third-order valence-electron chi connectivity index (χ3n) is 8.49. The van der Waals surface area contributed by atoms with Crippen molar-refractivity contribution in [2.75, 3.05) is 0 Å². The van der Waals surface area contributed by atoms with E-state index in [-0.39, 0.29) is 0 Å². The van der Waals surface area contributed by atoms with Crippen molar-refractivity contribution < 1.29 is 18.1 Å². The van der Waals surface area contributed by atoms with E-state index in [1.807, 2.05) is 0 Å².